The number of hydrogen-bond acceptors (Lipinski definition) is 0. The summed E-state index contributed by atoms with van der Waals surface area (Å²) in [6.07, 6.45) is 9.71. The minimum atomic E-state index is -2.15. The zero-order chi connectivity index (χ0) is 24.3. The molecule has 0 aromatic heterocycles. The van der Waals surface area contributed by atoms with Crippen molar-refractivity contribution in [2.45, 2.75) is 36.8 Å². The first-order valence-corrected chi connectivity index (χ1v) is 15.7. The molecule has 0 unspecified atom stereocenters. The van der Waals surface area contributed by atoms with Crippen LogP contribution in [0, 0.1) is 0 Å². The van der Waals surface area contributed by atoms with Gasteiger partial charge in [-0.3, -0.25) is 0 Å². The standard InChI is InChI=1S/C13H9.C13H10.C9H13.2ClH.Ti/c1-3-7-12-10(5-1)9-11-6-2-4-8-13(11)12;1-3-7-12(8-4-1)11-13-9-5-2-6-10-13;1-2-3-6-9-7-4-5-8-9;;;/h1-9H;1-10H;4,7H,2-3,5-6H2,1H3;2*1H;/q;;;;;+2/p-2. The molecule has 0 spiro atoms. The van der Waals surface area contributed by atoms with Crippen molar-refractivity contribution in [3.8, 4) is 11.1 Å². The Hall–Kier alpha value is -2.48. The van der Waals surface area contributed by atoms with E-state index in [0.717, 1.165) is 6.42 Å². The van der Waals surface area contributed by atoms with Crippen molar-refractivity contribution in [2.24, 2.45) is 0 Å². The van der Waals surface area contributed by atoms with Crippen molar-refractivity contribution in [3.05, 3.63) is 153 Å². The predicted molar refractivity (Wildman–Crippen MR) is 150 cm³/mol. The van der Waals surface area contributed by atoms with E-state index < -0.39 is 17.4 Å². The van der Waals surface area contributed by atoms with Crippen LogP contribution in [0.25, 0.3) is 11.1 Å². The Morgan fingerprint density at radius 1 is 0.684 bits per heavy atom. The van der Waals surface area contributed by atoms with Crippen LogP contribution in [-0.4, -0.2) is 3.81 Å². The Morgan fingerprint density at radius 3 is 1.71 bits per heavy atom. The summed E-state index contributed by atoms with van der Waals surface area (Å²) in [6.45, 7) is 2.31. The summed E-state index contributed by atoms with van der Waals surface area (Å²) in [4.78, 5) is 0. The van der Waals surface area contributed by atoms with Crippen molar-refractivity contribution in [1.82, 2.24) is 0 Å². The van der Waals surface area contributed by atoms with E-state index in [-0.39, 0.29) is 24.8 Å². The summed E-state index contributed by atoms with van der Waals surface area (Å²) < 4.78 is 3.84. The average molecular weight is 571 g/mol. The van der Waals surface area contributed by atoms with Crippen molar-refractivity contribution in [2.75, 3.05) is 0 Å². The van der Waals surface area contributed by atoms with E-state index in [9.17, 15) is 0 Å². The van der Waals surface area contributed by atoms with Gasteiger partial charge in [-0.25, -0.2) is 0 Å². The van der Waals surface area contributed by atoms with Crippen LogP contribution >= 0.6 is 0 Å². The van der Waals surface area contributed by atoms with Gasteiger partial charge in [0.1, 0.15) is 0 Å². The number of benzene rings is 4. The Balaban J connectivity index is 0.00000168. The van der Waals surface area contributed by atoms with E-state index in [0.29, 0.717) is 4.22 Å². The van der Waals surface area contributed by atoms with E-state index in [4.69, 9.17) is 0 Å². The molecule has 0 N–H and O–H groups in total. The third kappa shape index (κ3) is 5.34. The van der Waals surface area contributed by atoms with Crippen molar-refractivity contribution >= 4 is 3.81 Å². The fourth-order valence-electron chi connectivity index (χ4n) is 6.06. The summed E-state index contributed by atoms with van der Waals surface area (Å²) in [5.74, 6) is 0. The minimum Gasteiger partial charge on any atom is -1.00 e. The molecule has 4 aromatic rings. The molecular weight excluding hydrogens is 539 g/mol. The first kappa shape index (κ1) is 28.5. The molecule has 0 aliphatic heterocycles. The maximum absolute atomic E-state index is 2.46. The first-order valence-electron chi connectivity index (χ1n) is 13.3. The molecule has 190 valence electrons. The Kier molecular flexibility index (Phi) is 9.80. The minimum absolute atomic E-state index is 0. The molecule has 0 saturated heterocycles. The summed E-state index contributed by atoms with van der Waals surface area (Å²) >= 11 is -2.15. The largest absolute Gasteiger partial charge is 1.00 e. The van der Waals surface area contributed by atoms with Crippen LogP contribution in [0.3, 0.4) is 0 Å². The molecule has 0 nitrogen and oxygen atoms in total. The van der Waals surface area contributed by atoms with Crippen molar-refractivity contribution in [1.29, 1.82) is 0 Å². The van der Waals surface area contributed by atoms with Gasteiger partial charge in [-0.1, -0.05) is 0 Å². The maximum atomic E-state index is 2.46. The molecule has 2 aliphatic rings. The van der Waals surface area contributed by atoms with Gasteiger partial charge in [-0.15, -0.1) is 0 Å². The van der Waals surface area contributed by atoms with Crippen LogP contribution in [0.5, 0.6) is 0 Å². The van der Waals surface area contributed by atoms with E-state index >= 15 is 0 Å². The third-order valence-electron chi connectivity index (χ3n) is 7.67. The molecule has 0 radical (unpaired) electrons. The van der Waals surface area contributed by atoms with Crippen LogP contribution < -0.4 is 24.8 Å². The van der Waals surface area contributed by atoms with Crippen LogP contribution in [0.2, 0.25) is 0 Å². The molecule has 4 aromatic carbocycles. The van der Waals surface area contributed by atoms with Crippen molar-refractivity contribution in [3.63, 3.8) is 0 Å². The van der Waals surface area contributed by atoms with Gasteiger partial charge >= 0.3 is 222 Å². The van der Waals surface area contributed by atoms with E-state index in [1.807, 2.05) is 0 Å². The van der Waals surface area contributed by atoms with Gasteiger partial charge in [-0.05, 0) is 0 Å². The summed E-state index contributed by atoms with van der Waals surface area (Å²) in [5, 5.41) is 0. The topological polar surface area (TPSA) is 0 Å². The summed E-state index contributed by atoms with van der Waals surface area (Å²) in [5.41, 5.74) is 10.4. The number of halogens is 2. The fourth-order valence-corrected chi connectivity index (χ4v) is 12.2. The van der Waals surface area contributed by atoms with Crippen LogP contribution in [-0.2, 0) is 17.4 Å². The van der Waals surface area contributed by atoms with Gasteiger partial charge in [0.25, 0.3) is 0 Å². The fraction of sp³-hybridized carbons (Fsp3) is 0.171. The van der Waals surface area contributed by atoms with Gasteiger partial charge in [0.05, 0.1) is 0 Å². The first-order chi connectivity index (χ1) is 17.9. The third-order valence-corrected chi connectivity index (χ3v) is 13.1. The number of rotatable bonds is 7. The Morgan fingerprint density at radius 2 is 1.18 bits per heavy atom. The van der Waals surface area contributed by atoms with Gasteiger partial charge in [0.2, 0.25) is 0 Å². The maximum Gasteiger partial charge on any atom is -1.00 e. The predicted octanol–water partition coefficient (Wildman–Crippen LogP) is 3.06. The van der Waals surface area contributed by atoms with E-state index in [1.54, 1.807) is 13.3 Å². The molecule has 0 heterocycles. The Bertz CT molecular complexity index is 1400. The smallest absolute Gasteiger partial charge is 1.00 e. The Labute approximate surface area is 245 Å². The second-order valence-electron chi connectivity index (χ2n) is 9.84. The number of allylic oxidation sites excluding steroid dienone is 4. The molecule has 0 amide bonds. The second kappa shape index (κ2) is 13.1. The SMILES string of the molecule is CCCCC1=[C]([Ti+2](=[C](c2ccccc2)c2ccccc2)[CH]2c3ccccc3-c3ccccc32)CC=C1.[Cl-].[Cl-]. The molecule has 2 aliphatic carbocycles. The summed E-state index contributed by atoms with van der Waals surface area (Å²) in [6, 6.07) is 40.9. The number of fused-ring (bicyclic) bond motifs is 3. The molecule has 38 heavy (non-hydrogen) atoms. The van der Waals surface area contributed by atoms with Crippen LogP contribution in [0.1, 0.15) is 59.1 Å². The second-order valence-corrected chi connectivity index (χ2v) is 13.8. The number of unbranched alkanes of at least 4 members (excludes halogenated alkanes) is 1. The monoisotopic (exact) mass is 570 g/mol. The van der Waals surface area contributed by atoms with Gasteiger partial charge < -0.3 is 24.8 Å². The van der Waals surface area contributed by atoms with E-state index in [2.05, 4.69) is 128 Å². The zero-order valence-corrected chi connectivity index (χ0v) is 24.8. The van der Waals surface area contributed by atoms with Crippen LogP contribution in [0.4, 0.5) is 0 Å². The number of hydrogen-bond donors (Lipinski definition) is 0. The zero-order valence-electron chi connectivity index (χ0n) is 21.7. The molecular formula is C35H32Cl2Ti. The van der Waals surface area contributed by atoms with Gasteiger partial charge in [0, 0.05) is 0 Å². The molecule has 0 bridgehead atoms. The molecule has 0 saturated carbocycles. The summed E-state index contributed by atoms with van der Waals surface area (Å²) in [7, 11) is 0. The molecule has 0 fully saturated rings. The molecule has 3 heteroatoms. The van der Waals surface area contributed by atoms with Gasteiger partial charge in [0.15, 0.2) is 0 Å². The van der Waals surface area contributed by atoms with Crippen molar-refractivity contribution < 1.29 is 42.2 Å². The average Bonchev–Trinajstić information content (AvgIpc) is 3.54. The quantitative estimate of drug-likeness (QED) is 0.300. The van der Waals surface area contributed by atoms with Crippen LogP contribution in [0.15, 0.2) is 131 Å². The normalized spacial score (nSPS) is 13.2. The molecule has 0 atom stereocenters. The molecule has 6 rings (SSSR count). The van der Waals surface area contributed by atoms with E-state index in [1.165, 1.54) is 52.6 Å². The van der Waals surface area contributed by atoms with Gasteiger partial charge in [-0.2, -0.15) is 0 Å².